The molecule has 1 aromatic carbocycles. The van der Waals surface area contributed by atoms with E-state index in [0.717, 1.165) is 64.5 Å². The van der Waals surface area contributed by atoms with E-state index in [9.17, 15) is 9.59 Å². The van der Waals surface area contributed by atoms with Crippen molar-refractivity contribution < 1.29 is 19.1 Å². The summed E-state index contributed by atoms with van der Waals surface area (Å²) >= 11 is 0. The van der Waals surface area contributed by atoms with Gasteiger partial charge in [-0.1, -0.05) is 37.1 Å². The van der Waals surface area contributed by atoms with Crippen LogP contribution in [-0.4, -0.2) is 73.2 Å². The number of likely N-dealkylation sites (tertiary alicyclic amines) is 2. The monoisotopic (exact) mass is 466 g/mol. The van der Waals surface area contributed by atoms with Crippen LogP contribution < -0.4 is 0 Å². The quantitative estimate of drug-likeness (QED) is 0.634. The molecule has 3 aliphatic carbocycles. The fourth-order valence-corrected chi connectivity index (χ4v) is 7.94. The SMILES string of the molecule is CN1CCCCC1C(=O)OC1C2CC(C1OC(=O)C1CCCCN1C)C1c3ccccc3CC21. The summed E-state index contributed by atoms with van der Waals surface area (Å²) in [6.45, 7) is 1.86. The van der Waals surface area contributed by atoms with E-state index in [1.54, 1.807) is 0 Å². The number of carbonyl (C=O) groups excluding carboxylic acids is 2. The first-order valence-electron chi connectivity index (χ1n) is 13.4. The van der Waals surface area contributed by atoms with Gasteiger partial charge in [0.1, 0.15) is 24.3 Å². The van der Waals surface area contributed by atoms with E-state index in [0.29, 0.717) is 11.8 Å². The number of hydrogen-bond donors (Lipinski definition) is 0. The third-order valence-electron chi connectivity index (χ3n) is 9.64. The number of ether oxygens (including phenoxy) is 2. The van der Waals surface area contributed by atoms with Crippen LogP contribution in [0.15, 0.2) is 24.3 Å². The number of fused-ring (bicyclic) bond motifs is 7. The Bertz CT molecular complexity index is 950. The molecule has 2 heterocycles. The number of esters is 2. The van der Waals surface area contributed by atoms with Gasteiger partial charge in [-0.2, -0.15) is 0 Å². The smallest absolute Gasteiger partial charge is 0.323 e. The highest BCUT2D eigenvalue weighted by atomic mass is 16.6. The number of hydrogen-bond acceptors (Lipinski definition) is 6. The van der Waals surface area contributed by atoms with Crippen LogP contribution in [-0.2, 0) is 25.5 Å². The fourth-order valence-electron chi connectivity index (χ4n) is 7.94. The number of rotatable bonds is 4. The number of likely N-dealkylation sites (N-methyl/N-ethyl adjacent to an activating group) is 2. The van der Waals surface area contributed by atoms with Crippen molar-refractivity contribution in [1.82, 2.24) is 9.80 Å². The van der Waals surface area contributed by atoms with Crippen molar-refractivity contribution in [1.29, 1.82) is 0 Å². The minimum atomic E-state index is -0.335. The lowest BCUT2D eigenvalue weighted by molar-refractivity contribution is -0.183. The molecule has 34 heavy (non-hydrogen) atoms. The van der Waals surface area contributed by atoms with Crippen LogP contribution in [0.1, 0.15) is 62.0 Å². The van der Waals surface area contributed by atoms with Crippen molar-refractivity contribution in [2.75, 3.05) is 27.2 Å². The van der Waals surface area contributed by atoms with Gasteiger partial charge in [-0.3, -0.25) is 19.4 Å². The van der Waals surface area contributed by atoms with Gasteiger partial charge in [0.25, 0.3) is 0 Å². The van der Waals surface area contributed by atoms with Crippen LogP contribution in [0.4, 0.5) is 0 Å². The zero-order valence-corrected chi connectivity index (χ0v) is 20.5. The summed E-state index contributed by atoms with van der Waals surface area (Å²) in [5.74, 6) is 1.15. The van der Waals surface area contributed by atoms with E-state index in [1.807, 2.05) is 14.1 Å². The maximum absolute atomic E-state index is 13.4. The second kappa shape index (κ2) is 8.94. The normalized spacial score (nSPS) is 39.5. The van der Waals surface area contributed by atoms with Crippen LogP contribution in [0.2, 0.25) is 0 Å². The maximum Gasteiger partial charge on any atom is 0.323 e. The van der Waals surface area contributed by atoms with Crippen molar-refractivity contribution in [2.24, 2.45) is 17.8 Å². The minimum Gasteiger partial charge on any atom is -0.457 e. The molecule has 2 bridgehead atoms. The molecule has 6 heteroatoms. The van der Waals surface area contributed by atoms with Crippen molar-refractivity contribution in [3.05, 3.63) is 35.4 Å². The lowest BCUT2D eigenvalue weighted by Gasteiger charge is -2.40. The van der Waals surface area contributed by atoms with Crippen molar-refractivity contribution in [2.45, 2.75) is 81.6 Å². The first-order valence-corrected chi connectivity index (χ1v) is 13.4. The average molecular weight is 467 g/mol. The summed E-state index contributed by atoms with van der Waals surface area (Å²) in [5.41, 5.74) is 2.84. The molecule has 0 aromatic heterocycles. The zero-order valence-electron chi connectivity index (χ0n) is 20.5. The zero-order chi connectivity index (χ0) is 23.4. The number of carbonyl (C=O) groups is 2. The predicted molar refractivity (Wildman–Crippen MR) is 128 cm³/mol. The summed E-state index contributed by atoms with van der Waals surface area (Å²) in [6, 6.07) is 8.39. The van der Waals surface area contributed by atoms with Crippen molar-refractivity contribution in [3.63, 3.8) is 0 Å². The Morgan fingerprint density at radius 3 is 2.00 bits per heavy atom. The molecule has 2 aliphatic heterocycles. The topological polar surface area (TPSA) is 59.1 Å². The number of benzene rings is 1. The molecular weight excluding hydrogens is 428 g/mol. The van der Waals surface area contributed by atoms with E-state index in [1.165, 1.54) is 11.1 Å². The lowest BCUT2D eigenvalue weighted by Crippen LogP contribution is -2.51. The first kappa shape index (κ1) is 22.5. The van der Waals surface area contributed by atoms with Gasteiger partial charge in [-0.15, -0.1) is 0 Å². The molecule has 0 amide bonds. The Kier molecular flexibility index (Phi) is 5.93. The fraction of sp³-hybridized carbons (Fsp3) is 0.714. The van der Waals surface area contributed by atoms with Crippen LogP contribution in [0.3, 0.4) is 0 Å². The molecule has 8 atom stereocenters. The molecule has 184 valence electrons. The molecule has 8 unspecified atom stereocenters. The molecule has 6 nitrogen and oxygen atoms in total. The molecule has 2 saturated heterocycles. The van der Waals surface area contributed by atoms with E-state index in [4.69, 9.17) is 9.47 Å². The Balaban J connectivity index is 1.25. The van der Waals surface area contributed by atoms with E-state index < -0.39 is 0 Å². The van der Waals surface area contributed by atoms with E-state index in [2.05, 4.69) is 34.1 Å². The van der Waals surface area contributed by atoms with Gasteiger partial charge in [-0.25, -0.2) is 0 Å². The molecule has 2 saturated carbocycles. The highest BCUT2D eigenvalue weighted by molar-refractivity contribution is 5.77. The first-order chi connectivity index (χ1) is 16.5. The van der Waals surface area contributed by atoms with Gasteiger partial charge < -0.3 is 9.47 Å². The second-order valence-electron chi connectivity index (χ2n) is 11.4. The third kappa shape index (κ3) is 3.69. The highest BCUT2D eigenvalue weighted by Crippen LogP contribution is 2.62. The minimum absolute atomic E-state index is 0.123. The average Bonchev–Trinajstić information content (AvgIpc) is 3.49. The molecular formula is C28H38N2O4. The van der Waals surface area contributed by atoms with Gasteiger partial charge >= 0.3 is 11.9 Å². The summed E-state index contributed by atoms with van der Waals surface area (Å²) in [7, 11) is 4.04. The predicted octanol–water partition coefficient (Wildman–Crippen LogP) is 3.38. The van der Waals surface area contributed by atoms with Gasteiger partial charge in [-0.05, 0) is 88.7 Å². The van der Waals surface area contributed by atoms with Crippen LogP contribution in [0.5, 0.6) is 0 Å². The summed E-state index contributed by atoms with van der Waals surface area (Å²) in [5, 5.41) is 0. The lowest BCUT2D eigenvalue weighted by atomic mass is 9.76. The number of piperidine rings is 2. The van der Waals surface area contributed by atoms with Gasteiger partial charge in [0.05, 0.1) is 0 Å². The largest absolute Gasteiger partial charge is 0.457 e. The van der Waals surface area contributed by atoms with Crippen LogP contribution >= 0.6 is 0 Å². The molecule has 0 N–H and O–H groups in total. The van der Waals surface area contributed by atoms with E-state index >= 15 is 0 Å². The Morgan fingerprint density at radius 2 is 1.38 bits per heavy atom. The van der Waals surface area contributed by atoms with E-state index in [-0.39, 0.29) is 48.1 Å². The molecule has 4 fully saturated rings. The highest BCUT2D eigenvalue weighted by Gasteiger charge is 2.63. The van der Waals surface area contributed by atoms with Crippen LogP contribution in [0.25, 0.3) is 0 Å². The summed E-state index contributed by atoms with van der Waals surface area (Å²) < 4.78 is 12.7. The molecule has 1 aromatic rings. The van der Waals surface area contributed by atoms with Gasteiger partial charge in [0.15, 0.2) is 0 Å². The number of nitrogens with zero attached hydrogens (tertiary/aromatic N) is 2. The van der Waals surface area contributed by atoms with Gasteiger partial charge in [0, 0.05) is 11.8 Å². The standard InChI is InChI=1S/C28H38N2O4/c1-29-13-7-5-11-22(29)27(31)33-25-20-16-21(24-18-10-4-3-9-17(18)15-19(20)24)26(25)34-28(32)23-12-6-8-14-30(23)2/h3-4,9-10,19-26H,5-8,11-16H2,1-2H3. The Labute approximate surface area is 203 Å². The Morgan fingerprint density at radius 1 is 0.794 bits per heavy atom. The summed E-state index contributed by atoms with van der Waals surface area (Å²) in [4.78, 5) is 30.9. The summed E-state index contributed by atoms with van der Waals surface area (Å²) in [6.07, 6.45) is 7.47. The molecule has 0 radical (unpaired) electrons. The molecule has 0 spiro atoms. The Hall–Kier alpha value is -1.92. The van der Waals surface area contributed by atoms with Crippen molar-refractivity contribution >= 4 is 11.9 Å². The molecule has 6 rings (SSSR count). The molecule has 5 aliphatic rings. The van der Waals surface area contributed by atoms with Crippen LogP contribution in [0, 0.1) is 17.8 Å². The van der Waals surface area contributed by atoms with Gasteiger partial charge in [0.2, 0.25) is 0 Å². The third-order valence-corrected chi connectivity index (χ3v) is 9.64. The second-order valence-corrected chi connectivity index (χ2v) is 11.4. The maximum atomic E-state index is 13.4. The van der Waals surface area contributed by atoms with Crippen molar-refractivity contribution in [3.8, 4) is 0 Å².